The minimum Gasteiger partial charge on any atom is -0.389 e. The van der Waals surface area contributed by atoms with Gasteiger partial charge in [-0.2, -0.15) is 11.8 Å². The van der Waals surface area contributed by atoms with Gasteiger partial charge in [0.15, 0.2) is 0 Å². The average Bonchev–Trinajstić information content (AvgIpc) is 2.28. The van der Waals surface area contributed by atoms with Gasteiger partial charge in [0, 0.05) is 29.8 Å². The Kier molecular flexibility index (Phi) is 3.94. The summed E-state index contributed by atoms with van der Waals surface area (Å²) in [6, 6.07) is 3.97. The number of aliphatic hydroxyl groups is 1. The van der Waals surface area contributed by atoms with Gasteiger partial charge in [-0.25, -0.2) is 4.98 Å². The van der Waals surface area contributed by atoms with E-state index in [1.165, 1.54) is 0 Å². The third kappa shape index (κ3) is 3.13. The fourth-order valence-corrected chi connectivity index (χ4v) is 3.52. The van der Waals surface area contributed by atoms with E-state index in [0.29, 0.717) is 10.5 Å². The van der Waals surface area contributed by atoms with E-state index in [0.717, 1.165) is 24.5 Å². The van der Waals surface area contributed by atoms with Crippen LogP contribution in [0.1, 0.15) is 32.4 Å². The van der Waals surface area contributed by atoms with Gasteiger partial charge in [-0.1, -0.05) is 19.9 Å². The maximum Gasteiger partial charge on any atom is 0.128 e. The molecule has 17 heavy (non-hydrogen) atoms. The number of pyridine rings is 1. The predicted octanol–water partition coefficient (Wildman–Crippen LogP) is 2.47. The number of anilines is 1. The number of aromatic nitrogens is 1. The van der Waals surface area contributed by atoms with Gasteiger partial charge in [0.05, 0.1) is 6.10 Å². The summed E-state index contributed by atoms with van der Waals surface area (Å²) in [5.41, 5.74) is 0.876. The summed E-state index contributed by atoms with van der Waals surface area (Å²) in [5, 5.41) is 10.8. The van der Waals surface area contributed by atoms with Crippen LogP contribution in [0.4, 0.5) is 5.82 Å². The average molecular weight is 252 g/mol. The van der Waals surface area contributed by atoms with E-state index >= 15 is 0 Å². The maximum atomic E-state index is 9.45. The number of thioether (sulfide) groups is 1. The molecular formula is C13H20N2OS. The van der Waals surface area contributed by atoms with Crippen LogP contribution in [0.15, 0.2) is 18.3 Å². The lowest BCUT2D eigenvalue weighted by atomic mass is 10.2. The number of hydrogen-bond acceptors (Lipinski definition) is 4. The Morgan fingerprint density at radius 2 is 2.00 bits per heavy atom. The van der Waals surface area contributed by atoms with E-state index in [1.807, 2.05) is 23.9 Å². The number of nitrogens with zero attached hydrogens (tertiary/aromatic N) is 2. The minimum atomic E-state index is -0.439. The molecule has 4 heteroatoms. The highest BCUT2D eigenvalue weighted by atomic mass is 32.2. The predicted molar refractivity (Wildman–Crippen MR) is 73.6 cm³/mol. The lowest BCUT2D eigenvalue weighted by Crippen LogP contribution is -2.40. The zero-order chi connectivity index (χ0) is 12.4. The van der Waals surface area contributed by atoms with Crippen LogP contribution in [0.5, 0.6) is 0 Å². The van der Waals surface area contributed by atoms with Crippen molar-refractivity contribution in [2.75, 3.05) is 18.0 Å². The molecule has 94 valence electrons. The molecule has 2 rings (SSSR count). The number of hydrogen-bond donors (Lipinski definition) is 1. The van der Waals surface area contributed by atoms with Crippen molar-refractivity contribution in [3.05, 3.63) is 23.9 Å². The Labute approximate surface area is 107 Å². The summed E-state index contributed by atoms with van der Waals surface area (Å²) < 4.78 is 0. The zero-order valence-corrected chi connectivity index (χ0v) is 11.4. The molecule has 0 spiro atoms. The van der Waals surface area contributed by atoms with Crippen molar-refractivity contribution < 1.29 is 5.11 Å². The summed E-state index contributed by atoms with van der Waals surface area (Å²) in [7, 11) is 0. The maximum absolute atomic E-state index is 9.45. The molecule has 0 saturated carbocycles. The molecule has 0 aliphatic carbocycles. The Balaban J connectivity index is 2.11. The molecule has 3 nitrogen and oxygen atoms in total. The highest BCUT2D eigenvalue weighted by Gasteiger charge is 2.23. The monoisotopic (exact) mass is 252 g/mol. The first-order chi connectivity index (χ1) is 8.06. The van der Waals surface area contributed by atoms with Crippen LogP contribution in [0.25, 0.3) is 0 Å². The smallest absolute Gasteiger partial charge is 0.128 e. The van der Waals surface area contributed by atoms with Crippen LogP contribution in [0.2, 0.25) is 0 Å². The number of aliphatic hydroxyl groups excluding tert-OH is 1. The molecule has 1 aromatic rings. The lowest BCUT2D eigenvalue weighted by Gasteiger charge is -2.35. The van der Waals surface area contributed by atoms with Crippen LogP contribution in [0.3, 0.4) is 0 Å². The molecule has 1 N–H and O–H groups in total. The Morgan fingerprint density at radius 3 is 2.47 bits per heavy atom. The van der Waals surface area contributed by atoms with Crippen LogP contribution >= 0.6 is 11.8 Å². The largest absolute Gasteiger partial charge is 0.389 e. The van der Waals surface area contributed by atoms with Crippen LogP contribution in [0, 0.1) is 0 Å². The highest BCUT2D eigenvalue weighted by Crippen LogP contribution is 2.27. The summed E-state index contributed by atoms with van der Waals surface area (Å²) >= 11 is 2.04. The van der Waals surface area contributed by atoms with Gasteiger partial charge in [-0.3, -0.25) is 0 Å². The molecule has 3 atom stereocenters. The molecular weight excluding hydrogens is 232 g/mol. The van der Waals surface area contributed by atoms with Crippen molar-refractivity contribution >= 4 is 17.6 Å². The molecule has 0 bridgehead atoms. The topological polar surface area (TPSA) is 36.4 Å². The van der Waals surface area contributed by atoms with Crippen molar-refractivity contribution in [1.29, 1.82) is 0 Å². The standard InChI is InChI=1S/C13H20N2OS/c1-9-7-15(8-10(2)17-9)13-5-4-12(6-14-13)11(3)16/h4-6,9-11,16H,7-8H2,1-3H3/t9?,10?,11-/m0/s1. The van der Waals surface area contributed by atoms with E-state index in [1.54, 1.807) is 13.1 Å². The Morgan fingerprint density at radius 1 is 1.35 bits per heavy atom. The van der Waals surface area contributed by atoms with E-state index in [-0.39, 0.29) is 0 Å². The fraction of sp³-hybridized carbons (Fsp3) is 0.615. The molecule has 1 fully saturated rings. The van der Waals surface area contributed by atoms with Crippen LogP contribution in [-0.4, -0.2) is 33.7 Å². The zero-order valence-electron chi connectivity index (χ0n) is 10.6. The molecule has 0 radical (unpaired) electrons. The first kappa shape index (κ1) is 12.7. The summed E-state index contributed by atoms with van der Waals surface area (Å²) in [6.45, 7) is 8.39. The molecule has 1 saturated heterocycles. The molecule has 1 aliphatic heterocycles. The first-order valence-electron chi connectivity index (χ1n) is 6.10. The third-order valence-electron chi connectivity index (χ3n) is 3.00. The van der Waals surface area contributed by atoms with E-state index in [2.05, 4.69) is 23.7 Å². The highest BCUT2D eigenvalue weighted by molar-refractivity contribution is 8.00. The van der Waals surface area contributed by atoms with Crippen molar-refractivity contribution in [1.82, 2.24) is 4.98 Å². The molecule has 1 aromatic heterocycles. The summed E-state index contributed by atoms with van der Waals surface area (Å²) in [4.78, 5) is 6.78. The Bertz CT molecular complexity index is 356. The van der Waals surface area contributed by atoms with Gasteiger partial charge < -0.3 is 10.0 Å². The molecule has 0 amide bonds. The van der Waals surface area contributed by atoms with Gasteiger partial charge in [0.1, 0.15) is 5.82 Å². The Hall–Kier alpha value is -0.740. The van der Waals surface area contributed by atoms with Gasteiger partial charge in [-0.05, 0) is 18.6 Å². The quantitative estimate of drug-likeness (QED) is 0.877. The normalized spacial score (nSPS) is 26.9. The second kappa shape index (κ2) is 5.27. The summed E-state index contributed by atoms with van der Waals surface area (Å²) in [5.74, 6) is 1.02. The summed E-state index contributed by atoms with van der Waals surface area (Å²) in [6.07, 6.45) is 1.34. The minimum absolute atomic E-state index is 0.439. The van der Waals surface area contributed by atoms with Gasteiger partial charge >= 0.3 is 0 Å². The van der Waals surface area contributed by atoms with Crippen LogP contribution in [-0.2, 0) is 0 Å². The molecule has 2 heterocycles. The fourth-order valence-electron chi connectivity index (χ4n) is 2.20. The SMILES string of the molecule is CC1CN(c2ccc([C@H](C)O)cn2)CC(C)S1. The molecule has 2 unspecified atom stereocenters. The van der Waals surface area contributed by atoms with Crippen molar-refractivity contribution in [2.45, 2.75) is 37.4 Å². The van der Waals surface area contributed by atoms with Crippen LogP contribution < -0.4 is 4.90 Å². The first-order valence-corrected chi connectivity index (χ1v) is 7.05. The van der Waals surface area contributed by atoms with Gasteiger partial charge in [0.2, 0.25) is 0 Å². The van der Waals surface area contributed by atoms with E-state index < -0.39 is 6.10 Å². The van der Waals surface area contributed by atoms with Gasteiger partial charge in [-0.15, -0.1) is 0 Å². The number of rotatable bonds is 2. The van der Waals surface area contributed by atoms with Crippen molar-refractivity contribution in [3.63, 3.8) is 0 Å². The third-order valence-corrected chi connectivity index (χ3v) is 4.22. The molecule has 0 aromatic carbocycles. The van der Waals surface area contributed by atoms with Crippen molar-refractivity contribution in [3.8, 4) is 0 Å². The van der Waals surface area contributed by atoms with Crippen molar-refractivity contribution in [2.24, 2.45) is 0 Å². The van der Waals surface area contributed by atoms with E-state index in [4.69, 9.17) is 0 Å². The van der Waals surface area contributed by atoms with Gasteiger partial charge in [0.25, 0.3) is 0 Å². The molecule has 1 aliphatic rings. The second-order valence-corrected chi connectivity index (χ2v) is 6.67. The second-order valence-electron chi connectivity index (χ2n) is 4.79. The lowest BCUT2D eigenvalue weighted by molar-refractivity contribution is 0.199. The van der Waals surface area contributed by atoms with E-state index in [9.17, 15) is 5.11 Å².